The van der Waals surface area contributed by atoms with Crippen LogP contribution in [0.1, 0.15) is 15.9 Å². The van der Waals surface area contributed by atoms with Crippen molar-refractivity contribution in [3.05, 3.63) is 58.8 Å². The van der Waals surface area contributed by atoms with Crippen LogP contribution in [0.4, 0.5) is 11.4 Å². The van der Waals surface area contributed by atoms with Gasteiger partial charge in [-0.15, -0.1) is 0 Å². The third-order valence-electron chi connectivity index (χ3n) is 3.02. The molecule has 0 bridgehead atoms. The first-order valence-electron chi connectivity index (χ1n) is 6.22. The van der Waals surface area contributed by atoms with Gasteiger partial charge >= 0.3 is 5.97 Å². The molecule has 116 valence electrons. The Kier molecular flexibility index (Phi) is 4.88. The van der Waals surface area contributed by atoms with Gasteiger partial charge in [-0.25, -0.2) is 10.0 Å². The van der Waals surface area contributed by atoms with E-state index in [0.29, 0.717) is 16.1 Å². The first kappa shape index (κ1) is 16.1. The molecule has 0 saturated heterocycles. The van der Waals surface area contributed by atoms with Crippen molar-refractivity contribution in [3.63, 3.8) is 0 Å². The fourth-order valence-corrected chi connectivity index (χ4v) is 3.02. The number of anilines is 1. The molecule has 22 heavy (non-hydrogen) atoms. The van der Waals surface area contributed by atoms with Crippen LogP contribution in [0.5, 0.6) is 0 Å². The molecule has 0 fully saturated rings. The zero-order chi connectivity index (χ0) is 16.3. The Bertz CT molecular complexity index is 716. The van der Waals surface area contributed by atoms with Gasteiger partial charge in [0.25, 0.3) is 0 Å². The molecule has 2 atom stereocenters. The summed E-state index contributed by atoms with van der Waals surface area (Å²) in [4.78, 5) is 11.4. The standard InChI is InChI=1S/C14H14N2O5S/c15-11-3-5-12(6-4-11)22(21)8-10-2-1-9(14(17)18)7-13(10)16(19)20/h1-7,16,19H,8,15H2,(H,17,18). The van der Waals surface area contributed by atoms with Crippen molar-refractivity contribution in [2.75, 3.05) is 5.73 Å². The monoisotopic (exact) mass is 322 g/mol. The van der Waals surface area contributed by atoms with Crippen molar-refractivity contribution in [2.45, 2.75) is 10.6 Å². The molecule has 0 heterocycles. The minimum atomic E-state index is -1.45. The summed E-state index contributed by atoms with van der Waals surface area (Å²) in [5, 5.41) is 28.1. The molecule has 0 aliphatic heterocycles. The van der Waals surface area contributed by atoms with Gasteiger partial charge < -0.3 is 16.0 Å². The van der Waals surface area contributed by atoms with E-state index in [1.807, 2.05) is 0 Å². The predicted octanol–water partition coefficient (Wildman–Crippen LogP) is 0.678. The Hall–Kier alpha value is -2.26. The molecule has 2 rings (SSSR count). The molecule has 2 aromatic carbocycles. The first-order chi connectivity index (χ1) is 10.4. The van der Waals surface area contributed by atoms with Gasteiger partial charge in [-0.2, -0.15) is 5.23 Å². The molecular weight excluding hydrogens is 308 g/mol. The van der Waals surface area contributed by atoms with Crippen molar-refractivity contribution >= 4 is 28.1 Å². The van der Waals surface area contributed by atoms with Crippen molar-refractivity contribution in [2.24, 2.45) is 0 Å². The van der Waals surface area contributed by atoms with Crippen LogP contribution in [0.15, 0.2) is 47.4 Å². The summed E-state index contributed by atoms with van der Waals surface area (Å²) >= 11 is 0. The number of hydrogen-bond donors (Lipinski definition) is 4. The number of carboxylic acids is 1. The van der Waals surface area contributed by atoms with E-state index in [0.717, 1.165) is 6.07 Å². The van der Waals surface area contributed by atoms with E-state index in [-0.39, 0.29) is 17.0 Å². The van der Waals surface area contributed by atoms with Crippen LogP contribution in [-0.2, 0) is 16.6 Å². The number of carbonyl (C=O) groups is 1. The van der Waals surface area contributed by atoms with Gasteiger partial charge in [-0.05, 0) is 30.3 Å². The van der Waals surface area contributed by atoms with Crippen molar-refractivity contribution < 1.29 is 24.5 Å². The Morgan fingerprint density at radius 1 is 1.23 bits per heavy atom. The van der Waals surface area contributed by atoms with Crippen LogP contribution in [0.25, 0.3) is 0 Å². The molecular formula is C14H14N2O5S. The van der Waals surface area contributed by atoms with E-state index in [1.54, 1.807) is 24.3 Å². The van der Waals surface area contributed by atoms with Crippen LogP contribution >= 0.6 is 0 Å². The molecule has 0 aliphatic carbocycles. The quantitative estimate of drug-likeness (QED) is 0.473. The summed E-state index contributed by atoms with van der Waals surface area (Å²) in [5.41, 5.74) is 6.12. The summed E-state index contributed by atoms with van der Waals surface area (Å²) in [5.74, 6) is -1.24. The highest BCUT2D eigenvalue weighted by atomic mass is 32.2. The highest BCUT2D eigenvalue weighted by Crippen LogP contribution is 2.20. The molecule has 0 amide bonds. The van der Waals surface area contributed by atoms with Gasteiger partial charge in [0.2, 0.25) is 0 Å². The normalized spacial score (nSPS) is 13.5. The number of rotatable bonds is 5. The topological polar surface area (TPSA) is 128 Å². The zero-order valence-electron chi connectivity index (χ0n) is 11.4. The lowest BCUT2D eigenvalue weighted by atomic mass is 10.1. The molecule has 2 unspecified atom stereocenters. The van der Waals surface area contributed by atoms with Crippen molar-refractivity contribution in [3.8, 4) is 0 Å². The largest absolute Gasteiger partial charge is 0.595 e. The van der Waals surface area contributed by atoms with Gasteiger partial charge in [-0.1, -0.05) is 6.07 Å². The Labute approximate surface area is 128 Å². The van der Waals surface area contributed by atoms with Gasteiger partial charge in [-0.3, -0.25) is 4.21 Å². The van der Waals surface area contributed by atoms with E-state index in [1.165, 1.54) is 12.1 Å². The summed E-state index contributed by atoms with van der Waals surface area (Å²) in [6.07, 6.45) is 0. The molecule has 2 aromatic rings. The first-order valence-corrected chi connectivity index (χ1v) is 7.54. The van der Waals surface area contributed by atoms with E-state index < -0.39 is 22.0 Å². The summed E-state index contributed by atoms with van der Waals surface area (Å²) in [6.45, 7) is 0. The van der Waals surface area contributed by atoms with E-state index in [4.69, 9.17) is 10.8 Å². The number of carboxylic acid groups (broad SMARTS) is 1. The van der Waals surface area contributed by atoms with Crippen molar-refractivity contribution in [1.29, 1.82) is 0 Å². The Balaban J connectivity index is 2.30. The van der Waals surface area contributed by atoms with Gasteiger partial charge in [0.15, 0.2) is 5.69 Å². The summed E-state index contributed by atoms with van der Waals surface area (Å²) < 4.78 is 12.3. The number of quaternary nitrogens is 1. The molecule has 7 nitrogen and oxygen atoms in total. The highest BCUT2D eigenvalue weighted by molar-refractivity contribution is 7.84. The summed E-state index contributed by atoms with van der Waals surface area (Å²) in [6, 6.07) is 10.2. The molecule has 0 saturated carbocycles. The van der Waals surface area contributed by atoms with E-state index >= 15 is 0 Å². The summed E-state index contributed by atoms with van der Waals surface area (Å²) in [7, 11) is -1.45. The Morgan fingerprint density at radius 3 is 2.41 bits per heavy atom. The molecule has 0 aliphatic rings. The number of nitrogens with one attached hydrogen (secondary N) is 1. The molecule has 0 aromatic heterocycles. The number of nitrogens with two attached hydrogens (primary N) is 1. The van der Waals surface area contributed by atoms with Gasteiger partial charge in [0.1, 0.15) is 0 Å². The maximum atomic E-state index is 12.3. The molecule has 0 spiro atoms. The molecule has 0 radical (unpaired) electrons. The predicted molar refractivity (Wildman–Crippen MR) is 80.1 cm³/mol. The lowest BCUT2D eigenvalue weighted by Crippen LogP contribution is -2.99. The van der Waals surface area contributed by atoms with Crippen LogP contribution in [-0.4, -0.2) is 20.5 Å². The SMILES string of the molecule is Nc1ccc(S(=O)Cc2ccc(C(=O)O)cc2[NH+]([O-])O)cc1. The second kappa shape index (κ2) is 6.67. The van der Waals surface area contributed by atoms with E-state index in [2.05, 4.69) is 0 Å². The Morgan fingerprint density at radius 2 is 1.86 bits per heavy atom. The van der Waals surface area contributed by atoms with Crippen LogP contribution in [0, 0.1) is 5.21 Å². The zero-order valence-corrected chi connectivity index (χ0v) is 12.2. The minimum Gasteiger partial charge on any atom is -0.595 e. The third-order valence-corrected chi connectivity index (χ3v) is 4.39. The average Bonchev–Trinajstić information content (AvgIpc) is 2.47. The number of benzene rings is 2. The van der Waals surface area contributed by atoms with Crippen LogP contribution in [0.2, 0.25) is 0 Å². The second-order valence-electron chi connectivity index (χ2n) is 4.54. The van der Waals surface area contributed by atoms with Crippen LogP contribution < -0.4 is 11.0 Å². The maximum Gasteiger partial charge on any atom is 0.335 e. The van der Waals surface area contributed by atoms with Gasteiger partial charge in [0.05, 0.1) is 22.1 Å². The van der Waals surface area contributed by atoms with Crippen LogP contribution in [0.3, 0.4) is 0 Å². The number of nitrogen functional groups attached to an aromatic ring is 1. The lowest BCUT2D eigenvalue weighted by Gasteiger charge is -2.16. The van der Waals surface area contributed by atoms with Crippen molar-refractivity contribution in [1.82, 2.24) is 0 Å². The number of hydrogen-bond acceptors (Lipinski definition) is 5. The fourth-order valence-electron chi connectivity index (χ4n) is 1.88. The highest BCUT2D eigenvalue weighted by Gasteiger charge is 2.16. The minimum absolute atomic E-state index is 0.0224. The maximum absolute atomic E-state index is 12.3. The second-order valence-corrected chi connectivity index (χ2v) is 5.99. The average molecular weight is 322 g/mol. The smallest absolute Gasteiger partial charge is 0.335 e. The molecule has 5 N–H and O–H groups in total. The lowest BCUT2D eigenvalue weighted by molar-refractivity contribution is -0.991. The fraction of sp³-hybridized carbons (Fsp3) is 0.0714. The molecule has 8 heteroatoms. The number of aromatic carboxylic acids is 1. The third kappa shape index (κ3) is 3.68. The van der Waals surface area contributed by atoms with Gasteiger partial charge in [0, 0.05) is 22.2 Å². The van der Waals surface area contributed by atoms with E-state index in [9.17, 15) is 19.4 Å².